The van der Waals surface area contributed by atoms with Gasteiger partial charge in [0.05, 0.1) is 4.92 Å². The van der Waals surface area contributed by atoms with Crippen LogP contribution in [0.4, 0.5) is 5.69 Å². The minimum absolute atomic E-state index is 0.0633. The van der Waals surface area contributed by atoms with Gasteiger partial charge in [-0.25, -0.2) is 4.68 Å². The number of aromatic nitrogens is 2. The summed E-state index contributed by atoms with van der Waals surface area (Å²) in [5, 5.41) is 24.4. The number of rotatable bonds is 6. The van der Waals surface area contributed by atoms with Crippen LogP contribution in [0.1, 0.15) is 36.2 Å². The summed E-state index contributed by atoms with van der Waals surface area (Å²) in [6, 6.07) is 7.99. The highest BCUT2D eigenvalue weighted by Crippen LogP contribution is 2.25. The molecule has 1 aliphatic heterocycles. The Morgan fingerprint density at radius 2 is 2.16 bits per heavy atom. The second-order valence-corrected chi connectivity index (χ2v) is 6.05. The number of benzene rings is 1. The van der Waals surface area contributed by atoms with Gasteiger partial charge in [-0.15, -0.1) is 0 Å². The Morgan fingerprint density at radius 3 is 2.92 bits per heavy atom. The molecule has 1 atom stereocenters. The van der Waals surface area contributed by atoms with Gasteiger partial charge in [0.1, 0.15) is 5.69 Å². The molecule has 3 rings (SSSR count). The largest absolute Gasteiger partial charge is 0.396 e. The molecule has 2 aromatic rings. The van der Waals surface area contributed by atoms with Crippen molar-refractivity contribution in [3.63, 3.8) is 0 Å². The predicted molar refractivity (Wildman–Crippen MR) is 90.6 cm³/mol. The predicted octanol–water partition coefficient (Wildman–Crippen LogP) is 2.16. The molecule has 1 aliphatic rings. The van der Waals surface area contributed by atoms with Gasteiger partial charge in [0.25, 0.3) is 11.6 Å². The standard InChI is InChI=1S/C17H20N4O4/c22-12-4-6-13-5-3-10-19(13)17(23)14-9-11-20(18-14)15-7-1-2-8-16(15)21(24)25/h1-2,7-9,11,13,22H,3-6,10,12H2. The number of aliphatic hydroxyl groups excluding tert-OH is 1. The van der Waals surface area contributed by atoms with Crippen LogP contribution in [0, 0.1) is 10.1 Å². The molecule has 0 spiro atoms. The van der Waals surface area contributed by atoms with Crippen LogP contribution in [0.5, 0.6) is 0 Å². The summed E-state index contributed by atoms with van der Waals surface area (Å²) in [5.74, 6) is -0.169. The minimum Gasteiger partial charge on any atom is -0.396 e. The number of hydrogen-bond acceptors (Lipinski definition) is 5. The van der Waals surface area contributed by atoms with Gasteiger partial charge in [0.15, 0.2) is 5.69 Å². The maximum atomic E-state index is 12.7. The van der Waals surface area contributed by atoms with Crippen LogP contribution in [-0.2, 0) is 0 Å². The van der Waals surface area contributed by atoms with Crippen molar-refractivity contribution >= 4 is 11.6 Å². The number of para-hydroxylation sites is 2. The molecule has 1 amide bonds. The van der Waals surface area contributed by atoms with Crippen molar-refractivity contribution in [1.29, 1.82) is 0 Å². The average molecular weight is 344 g/mol. The lowest BCUT2D eigenvalue weighted by Gasteiger charge is -2.23. The van der Waals surface area contributed by atoms with Gasteiger partial charge in [0.2, 0.25) is 0 Å². The lowest BCUT2D eigenvalue weighted by Crippen LogP contribution is -2.36. The van der Waals surface area contributed by atoms with E-state index in [0.717, 1.165) is 19.3 Å². The van der Waals surface area contributed by atoms with Crippen LogP contribution < -0.4 is 0 Å². The molecule has 1 fully saturated rings. The summed E-state index contributed by atoms with van der Waals surface area (Å²) in [6.07, 6.45) is 4.86. The molecule has 0 bridgehead atoms. The zero-order valence-corrected chi connectivity index (χ0v) is 13.7. The van der Waals surface area contributed by atoms with Gasteiger partial charge in [0, 0.05) is 31.5 Å². The highest BCUT2D eigenvalue weighted by atomic mass is 16.6. The number of carbonyl (C=O) groups excluding carboxylic acids is 1. The number of hydrogen-bond donors (Lipinski definition) is 1. The highest BCUT2D eigenvalue weighted by Gasteiger charge is 2.30. The number of carbonyl (C=O) groups is 1. The molecule has 2 heterocycles. The number of likely N-dealkylation sites (tertiary alicyclic amines) is 1. The Balaban J connectivity index is 1.82. The smallest absolute Gasteiger partial charge is 0.294 e. The van der Waals surface area contributed by atoms with Gasteiger partial charge in [-0.05, 0) is 37.8 Å². The molecule has 1 aromatic heterocycles. The normalized spacial score (nSPS) is 17.0. The topological polar surface area (TPSA) is 102 Å². The third-order valence-electron chi connectivity index (χ3n) is 4.47. The van der Waals surface area contributed by atoms with Crippen LogP contribution in [0.2, 0.25) is 0 Å². The molecular weight excluding hydrogens is 324 g/mol. The van der Waals surface area contributed by atoms with Crippen molar-refractivity contribution < 1.29 is 14.8 Å². The third kappa shape index (κ3) is 3.53. The fourth-order valence-electron chi connectivity index (χ4n) is 3.26. The van der Waals surface area contributed by atoms with Crippen molar-refractivity contribution in [3.05, 3.63) is 52.3 Å². The summed E-state index contributed by atoms with van der Waals surface area (Å²) in [5.41, 5.74) is 0.533. The summed E-state index contributed by atoms with van der Waals surface area (Å²) in [4.78, 5) is 25.2. The van der Waals surface area contributed by atoms with Crippen molar-refractivity contribution in [1.82, 2.24) is 14.7 Å². The Hall–Kier alpha value is -2.74. The maximum absolute atomic E-state index is 12.7. The number of nitrogens with zero attached hydrogens (tertiary/aromatic N) is 4. The van der Waals surface area contributed by atoms with E-state index in [1.54, 1.807) is 35.4 Å². The molecule has 8 nitrogen and oxygen atoms in total. The van der Waals surface area contributed by atoms with Gasteiger partial charge in [-0.3, -0.25) is 14.9 Å². The van der Waals surface area contributed by atoms with E-state index < -0.39 is 4.92 Å². The minimum atomic E-state index is -0.468. The van der Waals surface area contributed by atoms with E-state index in [2.05, 4.69) is 5.10 Å². The zero-order chi connectivity index (χ0) is 17.8. The van der Waals surface area contributed by atoms with Crippen molar-refractivity contribution in [2.75, 3.05) is 13.2 Å². The molecule has 8 heteroatoms. The fourth-order valence-corrected chi connectivity index (χ4v) is 3.26. The number of aliphatic hydroxyl groups is 1. The van der Waals surface area contributed by atoms with Crippen molar-refractivity contribution in [2.45, 2.75) is 31.7 Å². The van der Waals surface area contributed by atoms with E-state index in [-0.39, 0.29) is 29.9 Å². The number of nitro benzene ring substituents is 1. The first-order chi connectivity index (χ1) is 12.1. The van der Waals surface area contributed by atoms with E-state index in [4.69, 9.17) is 5.11 Å². The lowest BCUT2D eigenvalue weighted by molar-refractivity contribution is -0.384. The van der Waals surface area contributed by atoms with E-state index in [1.165, 1.54) is 10.7 Å². The lowest BCUT2D eigenvalue weighted by atomic mass is 10.1. The van der Waals surface area contributed by atoms with Crippen LogP contribution >= 0.6 is 0 Å². The zero-order valence-electron chi connectivity index (χ0n) is 13.7. The van der Waals surface area contributed by atoms with E-state index in [1.807, 2.05) is 0 Å². The molecular formula is C17H20N4O4. The molecule has 1 saturated heterocycles. The Labute approximate surface area is 144 Å². The molecule has 0 aliphatic carbocycles. The average Bonchev–Trinajstić information content (AvgIpc) is 3.28. The molecule has 1 aromatic carbocycles. The second-order valence-electron chi connectivity index (χ2n) is 6.05. The molecule has 1 unspecified atom stereocenters. The van der Waals surface area contributed by atoms with E-state index in [0.29, 0.717) is 18.7 Å². The summed E-state index contributed by atoms with van der Waals surface area (Å²) < 4.78 is 1.37. The van der Waals surface area contributed by atoms with Gasteiger partial charge in [-0.1, -0.05) is 12.1 Å². The Morgan fingerprint density at radius 1 is 1.36 bits per heavy atom. The van der Waals surface area contributed by atoms with Crippen LogP contribution in [0.3, 0.4) is 0 Å². The van der Waals surface area contributed by atoms with Crippen LogP contribution in [0.15, 0.2) is 36.5 Å². The molecule has 25 heavy (non-hydrogen) atoms. The van der Waals surface area contributed by atoms with E-state index >= 15 is 0 Å². The summed E-state index contributed by atoms with van der Waals surface area (Å²) in [7, 11) is 0. The van der Waals surface area contributed by atoms with Crippen LogP contribution in [0.25, 0.3) is 5.69 Å². The highest BCUT2D eigenvalue weighted by molar-refractivity contribution is 5.92. The quantitative estimate of drug-likeness (QED) is 0.639. The van der Waals surface area contributed by atoms with Crippen molar-refractivity contribution in [3.8, 4) is 5.69 Å². The Kier molecular flexibility index (Phi) is 5.08. The second kappa shape index (κ2) is 7.43. The van der Waals surface area contributed by atoms with Crippen molar-refractivity contribution in [2.24, 2.45) is 0 Å². The molecule has 1 N–H and O–H groups in total. The third-order valence-corrected chi connectivity index (χ3v) is 4.47. The first-order valence-electron chi connectivity index (χ1n) is 8.33. The van der Waals surface area contributed by atoms with Crippen LogP contribution in [-0.4, -0.2) is 49.8 Å². The van der Waals surface area contributed by atoms with E-state index in [9.17, 15) is 14.9 Å². The van der Waals surface area contributed by atoms with Gasteiger partial charge >= 0.3 is 0 Å². The number of nitro groups is 1. The first kappa shape index (κ1) is 17.1. The molecule has 0 saturated carbocycles. The molecule has 132 valence electrons. The number of amides is 1. The first-order valence-corrected chi connectivity index (χ1v) is 8.33. The summed E-state index contributed by atoms with van der Waals surface area (Å²) in [6.45, 7) is 0.790. The maximum Gasteiger partial charge on any atom is 0.294 e. The SMILES string of the molecule is O=C(c1ccn(-c2ccccc2[N+](=O)[O-])n1)N1CCCC1CCCO. The monoisotopic (exact) mass is 344 g/mol. The van der Waals surface area contributed by atoms with Gasteiger partial charge in [-0.2, -0.15) is 5.10 Å². The Bertz CT molecular complexity index is 774. The fraction of sp³-hybridized carbons (Fsp3) is 0.412. The molecule has 0 radical (unpaired) electrons. The summed E-state index contributed by atoms with van der Waals surface area (Å²) >= 11 is 0. The van der Waals surface area contributed by atoms with Gasteiger partial charge < -0.3 is 10.0 Å².